The fourth-order valence-corrected chi connectivity index (χ4v) is 3.18. The molecule has 106 valence electrons. The highest BCUT2D eigenvalue weighted by Crippen LogP contribution is 2.29. The second kappa shape index (κ2) is 7.37. The largest absolute Gasteiger partial charge is 0.388 e. The number of hydrogen-bond acceptors (Lipinski definition) is 6. The van der Waals surface area contributed by atoms with Crippen LogP contribution in [0, 0.1) is 5.82 Å². The number of aliphatic hydroxyl groups is 1. The van der Waals surface area contributed by atoms with Gasteiger partial charge >= 0.3 is 0 Å². The van der Waals surface area contributed by atoms with Crippen molar-refractivity contribution in [3.63, 3.8) is 0 Å². The fraction of sp³-hybridized carbons (Fsp3) is 0.231. The zero-order valence-electron chi connectivity index (χ0n) is 10.6. The van der Waals surface area contributed by atoms with E-state index in [1.54, 1.807) is 18.2 Å². The molecular formula is C13H14FN3OS2. The molecule has 0 bridgehead atoms. The predicted molar refractivity (Wildman–Crippen MR) is 80.7 cm³/mol. The zero-order chi connectivity index (χ0) is 14.4. The van der Waals surface area contributed by atoms with E-state index in [1.165, 1.54) is 35.2 Å². The monoisotopic (exact) mass is 311 g/mol. The molecule has 0 amide bonds. The third-order valence-electron chi connectivity index (χ3n) is 2.42. The number of anilines is 1. The molecule has 2 rings (SSSR count). The molecule has 0 spiro atoms. The number of aliphatic hydroxyl groups excluding tert-OH is 1. The van der Waals surface area contributed by atoms with Crippen molar-refractivity contribution < 1.29 is 9.50 Å². The SMILES string of the molecule is C=CCNc1nnc(SCC(O)c2ccc(F)cc2)s1. The molecular weight excluding hydrogens is 297 g/mol. The summed E-state index contributed by atoms with van der Waals surface area (Å²) in [6.07, 6.45) is 1.08. The van der Waals surface area contributed by atoms with Gasteiger partial charge in [-0.2, -0.15) is 0 Å². The van der Waals surface area contributed by atoms with Crippen molar-refractivity contribution in [2.75, 3.05) is 17.6 Å². The van der Waals surface area contributed by atoms with Gasteiger partial charge in [-0.1, -0.05) is 41.3 Å². The molecule has 0 aliphatic rings. The lowest BCUT2D eigenvalue weighted by molar-refractivity contribution is 0.204. The van der Waals surface area contributed by atoms with Gasteiger partial charge in [-0.15, -0.1) is 16.8 Å². The summed E-state index contributed by atoms with van der Waals surface area (Å²) in [5, 5.41) is 21.8. The first-order valence-corrected chi connectivity index (χ1v) is 7.74. The van der Waals surface area contributed by atoms with Crippen molar-refractivity contribution in [1.82, 2.24) is 10.2 Å². The van der Waals surface area contributed by atoms with Gasteiger partial charge in [0.25, 0.3) is 0 Å². The van der Waals surface area contributed by atoms with Crippen molar-refractivity contribution in [2.24, 2.45) is 0 Å². The van der Waals surface area contributed by atoms with Crippen molar-refractivity contribution in [3.8, 4) is 0 Å². The third-order valence-corrected chi connectivity index (χ3v) is 4.51. The molecule has 0 saturated heterocycles. The summed E-state index contributed by atoms with van der Waals surface area (Å²) in [4.78, 5) is 0. The van der Waals surface area contributed by atoms with Crippen LogP contribution in [0.1, 0.15) is 11.7 Å². The normalized spacial score (nSPS) is 12.1. The summed E-state index contributed by atoms with van der Waals surface area (Å²) < 4.78 is 13.6. The van der Waals surface area contributed by atoms with Crippen LogP contribution in [0.3, 0.4) is 0 Å². The molecule has 2 N–H and O–H groups in total. The quantitative estimate of drug-likeness (QED) is 0.608. The standard InChI is InChI=1S/C13H14FN3OS2/c1-2-7-15-12-16-17-13(20-12)19-8-11(18)9-3-5-10(14)6-4-9/h2-6,11,18H,1,7-8H2,(H,15,16). The first-order chi connectivity index (χ1) is 9.69. The van der Waals surface area contributed by atoms with E-state index in [9.17, 15) is 9.50 Å². The molecule has 0 radical (unpaired) electrons. The molecule has 20 heavy (non-hydrogen) atoms. The summed E-state index contributed by atoms with van der Waals surface area (Å²) >= 11 is 2.84. The molecule has 2 aromatic rings. The molecule has 0 saturated carbocycles. The van der Waals surface area contributed by atoms with Crippen LogP contribution in [-0.2, 0) is 0 Å². The van der Waals surface area contributed by atoms with E-state index in [4.69, 9.17) is 0 Å². The second-order valence-electron chi connectivity index (χ2n) is 3.92. The van der Waals surface area contributed by atoms with Crippen LogP contribution in [0.25, 0.3) is 0 Å². The van der Waals surface area contributed by atoms with Gasteiger partial charge < -0.3 is 10.4 Å². The molecule has 1 aromatic heterocycles. The maximum atomic E-state index is 12.8. The number of aromatic nitrogens is 2. The maximum Gasteiger partial charge on any atom is 0.206 e. The summed E-state index contributed by atoms with van der Waals surface area (Å²) in [7, 11) is 0. The smallest absolute Gasteiger partial charge is 0.206 e. The van der Waals surface area contributed by atoms with Gasteiger partial charge in [0.15, 0.2) is 4.34 Å². The molecule has 1 aromatic carbocycles. The van der Waals surface area contributed by atoms with E-state index in [1.807, 2.05) is 0 Å². The highest BCUT2D eigenvalue weighted by molar-refractivity contribution is 8.01. The van der Waals surface area contributed by atoms with Gasteiger partial charge in [-0.3, -0.25) is 0 Å². The Balaban J connectivity index is 1.86. The highest BCUT2D eigenvalue weighted by Gasteiger charge is 2.11. The summed E-state index contributed by atoms with van der Waals surface area (Å²) in [5.74, 6) is 0.137. The predicted octanol–water partition coefficient (Wildman–Crippen LogP) is 3.10. The van der Waals surface area contributed by atoms with E-state index in [0.717, 1.165) is 9.47 Å². The topological polar surface area (TPSA) is 58.0 Å². The van der Waals surface area contributed by atoms with Crippen LogP contribution in [0.4, 0.5) is 9.52 Å². The summed E-state index contributed by atoms with van der Waals surface area (Å²) in [6, 6.07) is 5.84. The Kier molecular flexibility index (Phi) is 5.51. The Morgan fingerprint density at radius 2 is 2.15 bits per heavy atom. The average molecular weight is 311 g/mol. The molecule has 0 aliphatic carbocycles. The zero-order valence-corrected chi connectivity index (χ0v) is 12.3. The molecule has 4 nitrogen and oxygen atoms in total. The van der Waals surface area contributed by atoms with Crippen LogP contribution in [0.2, 0.25) is 0 Å². The Bertz CT molecular complexity index is 559. The number of thioether (sulfide) groups is 1. The second-order valence-corrected chi connectivity index (χ2v) is 6.17. The van der Waals surface area contributed by atoms with Crippen LogP contribution in [0.5, 0.6) is 0 Å². The lowest BCUT2D eigenvalue weighted by Gasteiger charge is -2.08. The van der Waals surface area contributed by atoms with Gasteiger partial charge in [0.1, 0.15) is 5.82 Å². The van der Waals surface area contributed by atoms with Crippen LogP contribution in [0.15, 0.2) is 41.3 Å². The molecule has 1 heterocycles. The molecule has 1 atom stereocenters. The summed E-state index contributed by atoms with van der Waals surface area (Å²) in [6.45, 7) is 4.25. The van der Waals surface area contributed by atoms with Gasteiger partial charge in [0.2, 0.25) is 5.13 Å². The number of halogens is 1. The first kappa shape index (κ1) is 15.0. The minimum absolute atomic E-state index is 0.310. The number of hydrogen-bond donors (Lipinski definition) is 2. The van der Waals surface area contributed by atoms with E-state index in [2.05, 4.69) is 22.1 Å². The van der Waals surface area contributed by atoms with Crippen molar-refractivity contribution in [1.29, 1.82) is 0 Å². The van der Waals surface area contributed by atoms with E-state index in [-0.39, 0.29) is 5.82 Å². The average Bonchev–Trinajstić information content (AvgIpc) is 2.91. The number of benzene rings is 1. The van der Waals surface area contributed by atoms with Crippen molar-refractivity contribution >= 4 is 28.2 Å². The van der Waals surface area contributed by atoms with Gasteiger partial charge in [0.05, 0.1) is 6.10 Å². The molecule has 0 aliphatic heterocycles. The number of rotatable bonds is 7. The van der Waals surface area contributed by atoms with Crippen molar-refractivity contribution in [2.45, 2.75) is 10.4 Å². The lowest BCUT2D eigenvalue weighted by atomic mass is 10.1. The minimum atomic E-state index is -0.658. The van der Waals surface area contributed by atoms with E-state index in [0.29, 0.717) is 17.9 Å². The molecule has 7 heteroatoms. The lowest BCUT2D eigenvalue weighted by Crippen LogP contribution is -2.00. The maximum absolute atomic E-state index is 12.8. The van der Waals surface area contributed by atoms with Crippen LogP contribution in [-0.4, -0.2) is 27.6 Å². The highest BCUT2D eigenvalue weighted by atomic mass is 32.2. The van der Waals surface area contributed by atoms with Gasteiger partial charge in [0, 0.05) is 12.3 Å². The van der Waals surface area contributed by atoms with Crippen LogP contribution < -0.4 is 5.32 Å². The fourth-order valence-electron chi connectivity index (χ4n) is 1.43. The van der Waals surface area contributed by atoms with Crippen molar-refractivity contribution in [3.05, 3.63) is 48.3 Å². The van der Waals surface area contributed by atoms with E-state index >= 15 is 0 Å². The minimum Gasteiger partial charge on any atom is -0.388 e. The first-order valence-electron chi connectivity index (χ1n) is 5.93. The molecule has 1 unspecified atom stereocenters. The van der Waals surface area contributed by atoms with E-state index < -0.39 is 6.10 Å². The van der Waals surface area contributed by atoms with Crippen LogP contribution >= 0.6 is 23.1 Å². The molecule has 0 fully saturated rings. The van der Waals surface area contributed by atoms with Gasteiger partial charge in [-0.05, 0) is 17.7 Å². The van der Waals surface area contributed by atoms with Gasteiger partial charge in [-0.25, -0.2) is 4.39 Å². The Hall–Kier alpha value is -1.44. The Morgan fingerprint density at radius 3 is 2.85 bits per heavy atom. The number of nitrogens with one attached hydrogen (secondary N) is 1. The third kappa shape index (κ3) is 4.29. The Morgan fingerprint density at radius 1 is 1.40 bits per heavy atom. The summed E-state index contributed by atoms with van der Waals surface area (Å²) in [5.41, 5.74) is 0.688. The number of nitrogens with zero attached hydrogens (tertiary/aromatic N) is 2. The Labute approximate surface area is 124 Å².